The fourth-order valence-corrected chi connectivity index (χ4v) is 3.72. The minimum absolute atomic E-state index is 0.215. The lowest BCUT2D eigenvalue weighted by atomic mass is 10.1. The number of hydrogen-bond donors (Lipinski definition) is 1. The summed E-state index contributed by atoms with van der Waals surface area (Å²) in [5.41, 5.74) is 1.36. The number of anilines is 1. The van der Waals surface area contributed by atoms with E-state index in [-0.39, 0.29) is 5.75 Å². The first-order chi connectivity index (χ1) is 13.2. The predicted molar refractivity (Wildman–Crippen MR) is 107 cm³/mol. The van der Waals surface area contributed by atoms with Crippen molar-refractivity contribution in [3.63, 3.8) is 0 Å². The zero-order valence-electron chi connectivity index (χ0n) is 15.1. The molecule has 3 aromatic rings. The van der Waals surface area contributed by atoms with Crippen LogP contribution in [0.15, 0.2) is 42.7 Å². The number of rotatable bonds is 4. The highest BCUT2D eigenvalue weighted by atomic mass is 35.5. The second-order valence-electron chi connectivity index (χ2n) is 6.58. The molecule has 0 spiro atoms. The normalized spacial score (nSPS) is 15.3. The first-order valence-corrected chi connectivity index (χ1v) is 9.26. The van der Waals surface area contributed by atoms with Crippen LogP contribution in [0.1, 0.15) is 5.56 Å². The van der Waals surface area contributed by atoms with Gasteiger partial charge in [0.15, 0.2) is 0 Å². The van der Waals surface area contributed by atoms with Crippen LogP contribution in [0, 0.1) is 0 Å². The highest BCUT2D eigenvalue weighted by Crippen LogP contribution is 2.33. The number of pyridine rings is 2. The molecule has 140 valence electrons. The molecule has 0 unspecified atom stereocenters. The summed E-state index contributed by atoms with van der Waals surface area (Å²) in [6, 6.07) is 9.33. The molecule has 0 aliphatic carbocycles. The van der Waals surface area contributed by atoms with Crippen molar-refractivity contribution in [1.29, 1.82) is 0 Å². The summed E-state index contributed by atoms with van der Waals surface area (Å²) in [7, 11) is 1.66. The molecule has 4 rings (SSSR count). The van der Waals surface area contributed by atoms with Crippen LogP contribution in [-0.2, 0) is 6.54 Å². The van der Waals surface area contributed by atoms with E-state index >= 15 is 0 Å². The molecule has 27 heavy (non-hydrogen) atoms. The van der Waals surface area contributed by atoms with Gasteiger partial charge in [0.2, 0.25) is 0 Å². The lowest BCUT2D eigenvalue weighted by Crippen LogP contribution is -2.46. The SMILES string of the molecule is COc1ccnc(N2CCN(Cc3cc(Cl)c4cccnc4c3O)CC2)c1. The van der Waals surface area contributed by atoms with Gasteiger partial charge in [-0.1, -0.05) is 11.6 Å². The maximum Gasteiger partial charge on any atom is 0.146 e. The van der Waals surface area contributed by atoms with Gasteiger partial charge in [-0.25, -0.2) is 4.98 Å². The molecule has 1 saturated heterocycles. The van der Waals surface area contributed by atoms with E-state index < -0.39 is 0 Å². The van der Waals surface area contributed by atoms with E-state index in [1.54, 1.807) is 19.5 Å². The molecule has 1 N–H and O–H groups in total. The number of halogens is 1. The zero-order valence-corrected chi connectivity index (χ0v) is 15.9. The van der Waals surface area contributed by atoms with Crippen LogP contribution < -0.4 is 9.64 Å². The van der Waals surface area contributed by atoms with E-state index in [4.69, 9.17) is 16.3 Å². The number of phenols is 1. The van der Waals surface area contributed by atoms with Gasteiger partial charge in [0.25, 0.3) is 0 Å². The fourth-order valence-electron chi connectivity index (χ4n) is 3.43. The van der Waals surface area contributed by atoms with Crippen molar-refractivity contribution in [2.45, 2.75) is 6.54 Å². The van der Waals surface area contributed by atoms with Crippen LogP contribution >= 0.6 is 11.6 Å². The van der Waals surface area contributed by atoms with Crippen molar-refractivity contribution in [3.8, 4) is 11.5 Å². The molecule has 1 aliphatic heterocycles. The van der Waals surface area contributed by atoms with Crippen molar-refractivity contribution < 1.29 is 9.84 Å². The van der Waals surface area contributed by atoms with Gasteiger partial charge in [-0.3, -0.25) is 9.88 Å². The van der Waals surface area contributed by atoms with Crippen molar-refractivity contribution >= 4 is 28.3 Å². The first-order valence-electron chi connectivity index (χ1n) is 8.88. The molecule has 0 saturated carbocycles. The average molecular weight is 385 g/mol. The van der Waals surface area contributed by atoms with Crippen molar-refractivity contribution in [1.82, 2.24) is 14.9 Å². The van der Waals surface area contributed by atoms with Crippen LogP contribution in [0.3, 0.4) is 0 Å². The third kappa shape index (κ3) is 3.63. The van der Waals surface area contributed by atoms with Gasteiger partial charge in [-0.2, -0.15) is 0 Å². The van der Waals surface area contributed by atoms with E-state index in [1.165, 1.54) is 0 Å². The van der Waals surface area contributed by atoms with E-state index in [2.05, 4.69) is 19.8 Å². The Kier molecular flexibility index (Phi) is 5.01. The molecule has 2 aromatic heterocycles. The molecule has 1 aliphatic rings. The Morgan fingerprint density at radius 1 is 1.11 bits per heavy atom. The Morgan fingerprint density at radius 3 is 2.70 bits per heavy atom. The minimum Gasteiger partial charge on any atom is -0.505 e. The lowest BCUT2D eigenvalue weighted by molar-refractivity contribution is 0.246. The Bertz CT molecular complexity index is 958. The summed E-state index contributed by atoms with van der Waals surface area (Å²) in [4.78, 5) is 13.3. The summed E-state index contributed by atoms with van der Waals surface area (Å²) in [6.45, 7) is 4.10. The molecule has 0 atom stereocenters. The largest absolute Gasteiger partial charge is 0.505 e. The van der Waals surface area contributed by atoms with Gasteiger partial charge >= 0.3 is 0 Å². The summed E-state index contributed by atoms with van der Waals surface area (Å²) in [5.74, 6) is 1.95. The number of phenolic OH excluding ortho intramolecular Hbond substituents is 1. The molecular weight excluding hydrogens is 364 g/mol. The average Bonchev–Trinajstić information content (AvgIpc) is 2.72. The molecule has 1 aromatic carbocycles. The molecular formula is C20H21ClN4O2. The molecule has 6 nitrogen and oxygen atoms in total. The maximum absolute atomic E-state index is 10.6. The fraction of sp³-hybridized carbons (Fsp3) is 0.300. The van der Waals surface area contributed by atoms with Crippen LogP contribution in [0.2, 0.25) is 5.02 Å². The van der Waals surface area contributed by atoms with Gasteiger partial charge in [0, 0.05) is 62.1 Å². The van der Waals surface area contributed by atoms with Crippen molar-refractivity contribution in [2.24, 2.45) is 0 Å². The van der Waals surface area contributed by atoms with Crippen LogP contribution in [0.25, 0.3) is 10.9 Å². The van der Waals surface area contributed by atoms with Gasteiger partial charge in [-0.05, 0) is 24.3 Å². The number of hydrogen-bond acceptors (Lipinski definition) is 6. The summed E-state index contributed by atoms with van der Waals surface area (Å²) in [6.07, 6.45) is 3.44. The number of piperazine rings is 1. The Labute approximate surface area is 163 Å². The van der Waals surface area contributed by atoms with Gasteiger partial charge < -0.3 is 14.7 Å². The molecule has 0 bridgehead atoms. The number of ether oxygens (including phenoxy) is 1. The van der Waals surface area contributed by atoms with Crippen LogP contribution in [0.4, 0.5) is 5.82 Å². The van der Waals surface area contributed by atoms with E-state index in [0.29, 0.717) is 17.1 Å². The third-order valence-corrected chi connectivity index (χ3v) is 5.25. The van der Waals surface area contributed by atoms with Gasteiger partial charge in [0.05, 0.1) is 12.1 Å². The lowest BCUT2D eigenvalue weighted by Gasteiger charge is -2.35. The summed E-state index contributed by atoms with van der Waals surface area (Å²) >= 11 is 6.39. The van der Waals surface area contributed by atoms with E-state index in [9.17, 15) is 5.11 Å². The molecule has 0 amide bonds. The number of nitrogens with zero attached hydrogens (tertiary/aromatic N) is 4. The summed E-state index contributed by atoms with van der Waals surface area (Å²) in [5, 5.41) is 12.0. The first kappa shape index (κ1) is 17.8. The number of methoxy groups -OCH3 is 1. The van der Waals surface area contributed by atoms with Crippen LogP contribution in [0.5, 0.6) is 11.5 Å². The van der Waals surface area contributed by atoms with Crippen molar-refractivity contribution in [2.75, 3.05) is 38.2 Å². The topological polar surface area (TPSA) is 61.7 Å². The standard InChI is InChI=1S/C20H21ClN4O2/c1-27-15-4-6-22-18(12-15)25-9-7-24(8-10-25)13-14-11-17(21)16-3-2-5-23-19(16)20(14)26/h2-6,11-12,26H,7-10,13H2,1H3. The minimum atomic E-state index is 0.215. The second-order valence-corrected chi connectivity index (χ2v) is 6.99. The maximum atomic E-state index is 10.6. The number of fused-ring (bicyclic) bond motifs is 1. The Hall–Kier alpha value is -2.57. The Morgan fingerprint density at radius 2 is 1.93 bits per heavy atom. The summed E-state index contributed by atoms with van der Waals surface area (Å²) < 4.78 is 5.28. The number of benzene rings is 1. The molecule has 3 heterocycles. The highest BCUT2D eigenvalue weighted by Gasteiger charge is 2.20. The quantitative estimate of drug-likeness (QED) is 0.744. The zero-order chi connectivity index (χ0) is 18.8. The Balaban J connectivity index is 1.46. The van der Waals surface area contributed by atoms with Gasteiger partial charge in [-0.15, -0.1) is 0 Å². The molecule has 1 fully saturated rings. The monoisotopic (exact) mass is 384 g/mol. The number of aromatic nitrogens is 2. The molecule has 0 radical (unpaired) electrons. The molecule has 7 heteroatoms. The second kappa shape index (κ2) is 7.58. The van der Waals surface area contributed by atoms with E-state index in [0.717, 1.165) is 48.7 Å². The van der Waals surface area contributed by atoms with Gasteiger partial charge in [0.1, 0.15) is 22.8 Å². The smallest absolute Gasteiger partial charge is 0.146 e. The van der Waals surface area contributed by atoms with E-state index in [1.807, 2.05) is 30.3 Å². The van der Waals surface area contributed by atoms with Crippen molar-refractivity contribution in [3.05, 3.63) is 53.3 Å². The number of aromatic hydroxyl groups is 1. The third-order valence-electron chi connectivity index (χ3n) is 4.94. The predicted octanol–water partition coefficient (Wildman–Crippen LogP) is 3.32. The van der Waals surface area contributed by atoms with Crippen LogP contribution in [-0.4, -0.2) is 53.3 Å². The highest BCUT2D eigenvalue weighted by molar-refractivity contribution is 6.35.